The smallest absolute Gasteiger partial charge is 0.282 e. The second kappa shape index (κ2) is 3.69. The minimum Gasteiger partial charge on any atom is -0.282 e. The molecule has 0 unspecified atom stereocenters. The first-order valence-electron chi connectivity index (χ1n) is 6.20. The van der Waals surface area contributed by atoms with Crippen LogP contribution in [0.1, 0.15) is 0 Å². The summed E-state index contributed by atoms with van der Waals surface area (Å²) in [6, 6.07) is 16.8. The highest BCUT2D eigenvalue weighted by Gasteiger charge is 2.23. The Morgan fingerprint density at radius 2 is 1.40 bits per heavy atom. The van der Waals surface area contributed by atoms with E-state index in [1.165, 1.54) is 6.07 Å². The fourth-order valence-corrected chi connectivity index (χ4v) is 3.48. The molecule has 0 radical (unpaired) electrons. The Morgan fingerprint density at radius 1 is 0.750 bits per heavy atom. The molecule has 3 aromatic rings. The summed E-state index contributed by atoms with van der Waals surface area (Å²) in [5, 5.41) is 1.87. The van der Waals surface area contributed by atoms with Crippen LogP contribution in [0, 0.1) is 0 Å². The van der Waals surface area contributed by atoms with Gasteiger partial charge in [0.25, 0.3) is 10.1 Å². The van der Waals surface area contributed by atoms with E-state index in [-0.39, 0.29) is 4.90 Å². The number of rotatable bonds is 1. The maximum absolute atomic E-state index is 11.4. The van der Waals surface area contributed by atoms with Crippen molar-refractivity contribution < 1.29 is 13.0 Å². The SMILES string of the molecule is O=S(=O)(O)c1cc2c3c(cccc3c1)-c1ccccc1-2. The summed E-state index contributed by atoms with van der Waals surface area (Å²) in [4.78, 5) is -0.0612. The number of fused-ring (bicyclic) bond motifs is 3. The van der Waals surface area contributed by atoms with Gasteiger partial charge in [-0.25, -0.2) is 0 Å². The van der Waals surface area contributed by atoms with Crippen LogP contribution in [-0.2, 0) is 10.1 Å². The summed E-state index contributed by atoms with van der Waals surface area (Å²) in [7, 11) is -4.21. The fourth-order valence-electron chi connectivity index (χ4n) is 2.94. The largest absolute Gasteiger partial charge is 0.294 e. The molecule has 0 saturated carbocycles. The van der Waals surface area contributed by atoms with Crippen molar-refractivity contribution in [3.05, 3.63) is 54.6 Å². The maximum atomic E-state index is 11.4. The highest BCUT2D eigenvalue weighted by Crippen LogP contribution is 2.47. The first-order chi connectivity index (χ1) is 9.55. The van der Waals surface area contributed by atoms with E-state index >= 15 is 0 Å². The Hall–Kier alpha value is -2.17. The van der Waals surface area contributed by atoms with Gasteiger partial charge in [-0.15, -0.1) is 0 Å². The topological polar surface area (TPSA) is 54.4 Å². The summed E-state index contributed by atoms with van der Waals surface area (Å²) >= 11 is 0. The molecule has 4 heteroatoms. The predicted molar refractivity (Wildman–Crippen MR) is 78.2 cm³/mol. The average molecular weight is 282 g/mol. The van der Waals surface area contributed by atoms with Crippen molar-refractivity contribution >= 4 is 20.9 Å². The van der Waals surface area contributed by atoms with Gasteiger partial charge in [0.2, 0.25) is 0 Å². The summed E-state index contributed by atoms with van der Waals surface area (Å²) in [5.74, 6) is 0. The Morgan fingerprint density at radius 3 is 2.10 bits per heavy atom. The van der Waals surface area contributed by atoms with E-state index in [0.29, 0.717) is 0 Å². The maximum Gasteiger partial charge on any atom is 0.294 e. The van der Waals surface area contributed by atoms with Crippen LogP contribution in [0.15, 0.2) is 59.5 Å². The quantitative estimate of drug-likeness (QED) is 0.541. The van der Waals surface area contributed by atoms with Gasteiger partial charge in [0.05, 0.1) is 4.90 Å². The third kappa shape index (κ3) is 1.46. The minimum absolute atomic E-state index is 0.0612. The summed E-state index contributed by atoms with van der Waals surface area (Å²) in [5.41, 5.74) is 4.07. The third-order valence-electron chi connectivity index (χ3n) is 3.76. The molecule has 0 aliphatic heterocycles. The Labute approximate surface area is 116 Å². The van der Waals surface area contributed by atoms with E-state index in [1.54, 1.807) is 6.07 Å². The molecule has 0 spiro atoms. The third-order valence-corrected chi connectivity index (χ3v) is 4.59. The van der Waals surface area contributed by atoms with Crippen LogP contribution >= 0.6 is 0 Å². The lowest BCUT2D eigenvalue weighted by atomic mass is 10.0. The molecule has 1 N–H and O–H groups in total. The van der Waals surface area contributed by atoms with Crippen LogP contribution in [0.25, 0.3) is 33.0 Å². The molecule has 20 heavy (non-hydrogen) atoms. The summed E-state index contributed by atoms with van der Waals surface area (Å²) in [6.45, 7) is 0. The lowest BCUT2D eigenvalue weighted by Crippen LogP contribution is -1.98. The Kier molecular flexibility index (Phi) is 2.14. The first kappa shape index (κ1) is 11.6. The molecule has 3 aromatic carbocycles. The minimum atomic E-state index is -4.21. The molecule has 1 aliphatic carbocycles. The molecule has 4 rings (SSSR count). The molecule has 3 nitrogen and oxygen atoms in total. The molecular weight excluding hydrogens is 272 g/mol. The second-order valence-corrected chi connectivity index (χ2v) is 6.32. The zero-order chi connectivity index (χ0) is 13.9. The van der Waals surface area contributed by atoms with Crippen molar-refractivity contribution in [3.63, 3.8) is 0 Å². The van der Waals surface area contributed by atoms with Crippen LogP contribution in [-0.4, -0.2) is 13.0 Å². The zero-order valence-electron chi connectivity index (χ0n) is 10.4. The van der Waals surface area contributed by atoms with Crippen molar-refractivity contribution in [2.45, 2.75) is 4.90 Å². The normalized spacial score (nSPS) is 12.7. The van der Waals surface area contributed by atoms with Gasteiger partial charge in [-0.3, -0.25) is 4.55 Å². The van der Waals surface area contributed by atoms with Gasteiger partial charge >= 0.3 is 0 Å². The molecule has 0 heterocycles. The second-order valence-electron chi connectivity index (χ2n) is 4.90. The van der Waals surface area contributed by atoms with Crippen LogP contribution in [0.2, 0.25) is 0 Å². The molecule has 0 amide bonds. The van der Waals surface area contributed by atoms with Gasteiger partial charge in [0.15, 0.2) is 0 Å². The lowest BCUT2D eigenvalue weighted by molar-refractivity contribution is 0.483. The van der Waals surface area contributed by atoms with Crippen LogP contribution in [0.3, 0.4) is 0 Å². The van der Waals surface area contributed by atoms with Gasteiger partial charge in [0, 0.05) is 0 Å². The highest BCUT2D eigenvalue weighted by atomic mass is 32.2. The summed E-state index contributed by atoms with van der Waals surface area (Å²) in [6.07, 6.45) is 0. The monoisotopic (exact) mass is 282 g/mol. The Balaban J connectivity index is 2.23. The van der Waals surface area contributed by atoms with Crippen molar-refractivity contribution in [1.82, 2.24) is 0 Å². The van der Waals surface area contributed by atoms with Crippen LogP contribution < -0.4 is 0 Å². The average Bonchev–Trinajstić information content (AvgIpc) is 2.75. The fraction of sp³-hybridized carbons (Fsp3) is 0. The van der Waals surface area contributed by atoms with Gasteiger partial charge in [-0.2, -0.15) is 8.42 Å². The molecule has 0 saturated heterocycles. The van der Waals surface area contributed by atoms with E-state index in [1.807, 2.05) is 42.5 Å². The number of hydrogen-bond acceptors (Lipinski definition) is 2. The van der Waals surface area contributed by atoms with Crippen molar-refractivity contribution in [2.24, 2.45) is 0 Å². The summed E-state index contributed by atoms with van der Waals surface area (Å²) < 4.78 is 32.2. The van der Waals surface area contributed by atoms with Crippen LogP contribution in [0.5, 0.6) is 0 Å². The van der Waals surface area contributed by atoms with Gasteiger partial charge in [0.1, 0.15) is 0 Å². The van der Waals surface area contributed by atoms with E-state index in [9.17, 15) is 13.0 Å². The number of benzene rings is 3. The van der Waals surface area contributed by atoms with E-state index in [4.69, 9.17) is 0 Å². The lowest BCUT2D eigenvalue weighted by Gasteiger charge is -2.05. The van der Waals surface area contributed by atoms with E-state index in [0.717, 1.165) is 33.0 Å². The van der Waals surface area contributed by atoms with E-state index < -0.39 is 10.1 Å². The highest BCUT2D eigenvalue weighted by molar-refractivity contribution is 7.85. The Bertz CT molecular complexity index is 972. The van der Waals surface area contributed by atoms with Crippen molar-refractivity contribution in [3.8, 4) is 22.3 Å². The van der Waals surface area contributed by atoms with Gasteiger partial charge in [-0.1, -0.05) is 42.5 Å². The predicted octanol–water partition coefficient (Wildman–Crippen LogP) is 3.73. The zero-order valence-corrected chi connectivity index (χ0v) is 11.2. The molecule has 0 bridgehead atoms. The molecule has 98 valence electrons. The van der Waals surface area contributed by atoms with Gasteiger partial charge in [-0.05, 0) is 45.2 Å². The molecule has 0 atom stereocenters. The van der Waals surface area contributed by atoms with Crippen molar-refractivity contribution in [1.29, 1.82) is 0 Å². The molecule has 0 aromatic heterocycles. The van der Waals surface area contributed by atoms with Crippen LogP contribution in [0.4, 0.5) is 0 Å². The number of hydrogen-bond donors (Lipinski definition) is 1. The van der Waals surface area contributed by atoms with E-state index in [2.05, 4.69) is 0 Å². The molecule has 0 fully saturated rings. The van der Waals surface area contributed by atoms with Crippen molar-refractivity contribution in [2.75, 3.05) is 0 Å². The standard InChI is InChI=1S/C16H10O3S/c17-20(18,19)11-8-10-4-3-7-14-12-5-1-2-6-13(12)15(9-11)16(10)14/h1-9H,(H,17,18,19). The first-order valence-corrected chi connectivity index (χ1v) is 7.64. The molecule has 1 aliphatic rings. The molecular formula is C16H10O3S. The van der Waals surface area contributed by atoms with Gasteiger partial charge < -0.3 is 0 Å².